The summed E-state index contributed by atoms with van der Waals surface area (Å²) in [5.74, 6) is 0.788. The lowest BCUT2D eigenvalue weighted by molar-refractivity contribution is 0.158. The Kier molecular flexibility index (Phi) is 5.29. The second-order valence-electron chi connectivity index (χ2n) is 2.97. The Labute approximate surface area is 95.3 Å². The van der Waals surface area contributed by atoms with Crippen molar-refractivity contribution in [1.82, 2.24) is 0 Å². The summed E-state index contributed by atoms with van der Waals surface area (Å²) in [6, 6.07) is 5.48. The summed E-state index contributed by atoms with van der Waals surface area (Å²) in [5.41, 5.74) is 0.893. The Morgan fingerprint density at radius 1 is 1.40 bits per heavy atom. The van der Waals surface area contributed by atoms with Gasteiger partial charge in [0.15, 0.2) is 0 Å². The van der Waals surface area contributed by atoms with Gasteiger partial charge in [0.25, 0.3) is 0 Å². The van der Waals surface area contributed by atoms with E-state index in [9.17, 15) is 0 Å². The third-order valence-electron chi connectivity index (χ3n) is 1.93. The number of benzene rings is 1. The van der Waals surface area contributed by atoms with Crippen LogP contribution in [0.25, 0.3) is 0 Å². The lowest BCUT2D eigenvalue weighted by Crippen LogP contribution is -2.09. The third-order valence-corrected chi connectivity index (χ3v) is 2.16. The molecule has 0 radical (unpaired) electrons. The highest BCUT2D eigenvalue weighted by Gasteiger charge is 2.02. The van der Waals surface area contributed by atoms with E-state index in [2.05, 4.69) is 5.32 Å². The third kappa shape index (κ3) is 3.98. The van der Waals surface area contributed by atoms with E-state index >= 15 is 0 Å². The molecule has 0 aliphatic heterocycles. The molecule has 1 aromatic carbocycles. The maximum Gasteiger partial charge on any atom is 0.142 e. The zero-order chi connectivity index (χ0) is 11.1. The Morgan fingerprint density at radius 2 is 2.20 bits per heavy atom. The SMILES string of the molecule is CCOCCNc1cc(Cl)ccc1OC. The average Bonchev–Trinajstić information content (AvgIpc) is 2.25. The van der Waals surface area contributed by atoms with Gasteiger partial charge in [-0.2, -0.15) is 0 Å². The standard InChI is InChI=1S/C11H16ClNO2/c1-3-15-7-6-13-10-8-9(12)4-5-11(10)14-2/h4-5,8,13H,3,6-7H2,1-2H3. The van der Waals surface area contributed by atoms with Gasteiger partial charge in [-0.25, -0.2) is 0 Å². The molecule has 0 saturated heterocycles. The van der Waals surface area contributed by atoms with Crippen LogP contribution in [0.3, 0.4) is 0 Å². The van der Waals surface area contributed by atoms with Crippen molar-refractivity contribution in [3.05, 3.63) is 23.2 Å². The van der Waals surface area contributed by atoms with Gasteiger partial charge in [0.05, 0.1) is 19.4 Å². The molecule has 0 aromatic heterocycles. The molecule has 0 fully saturated rings. The van der Waals surface area contributed by atoms with Crippen molar-refractivity contribution in [2.75, 3.05) is 32.2 Å². The number of hydrogen-bond donors (Lipinski definition) is 1. The minimum Gasteiger partial charge on any atom is -0.495 e. The number of rotatable bonds is 6. The second kappa shape index (κ2) is 6.53. The molecule has 84 valence electrons. The highest BCUT2D eigenvalue weighted by molar-refractivity contribution is 6.30. The minimum absolute atomic E-state index is 0.673. The maximum atomic E-state index is 5.89. The van der Waals surface area contributed by atoms with Crippen LogP contribution < -0.4 is 10.1 Å². The van der Waals surface area contributed by atoms with E-state index in [1.165, 1.54) is 0 Å². The molecule has 3 nitrogen and oxygen atoms in total. The van der Waals surface area contributed by atoms with E-state index < -0.39 is 0 Å². The Hall–Kier alpha value is -0.930. The average molecular weight is 230 g/mol. The summed E-state index contributed by atoms with van der Waals surface area (Å²) in [7, 11) is 1.64. The van der Waals surface area contributed by atoms with Crippen molar-refractivity contribution in [3.63, 3.8) is 0 Å². The van der Waals surface area contributed by atoms with E-state index in [1.807, 2.05) is 19.1 Å². The van der Waals surface area contributed by atoms with E-state index in [1.54, 1.807) is 13.2 Å². The van der Waals surface area contributed by atoms with Crippen LogP contribution in [0.4, 0.5) is 5.69 Å². The van der Waals surface area contributed by atoms with Gasteiger partial charge < -0.3 is 14.8 Å². The molecule has 4 heteroatoms. The van der Waals surface area contributed by atoms with E-state index in [4.69, 9.17) is 21.1 Å². The van der Waals surface area contributed by atoms with Crippen LogP contribution in [0.15, 0.2) is 18.2 Å². The van der Waals surface area contributed by atoms with E-state index in [-0.39, 0.29) is 0 Å². The van der Waals surface area contributed by atoms with E-state index in [0.29, 0.717) is 11.6 Å². The van der Waals surface area contributed by atoms with Crippen molar-refractivity contribution >= 4 is 17.3 Å². The quantitative estimate of drug-likeness (QED) is 0.761. The number of halogens is 1. The van der Waals surface area contributed by atoms with Crippen LogP contribution in [0.2, 0.25) is 5.02 Å². The van der Waals surface area contributed by atoms with Crippen molar-refractivity contribution in [1.29, 1.82) is 0 Å². The molecule has 0 heterocycles. The van der Waals surface area contributed by atoms with Gasteiger partial charge in [0.2, 0.25) is 0 Å². The molecule has 0 bridgehead atoms. The zero-order valence-electron chi connectivity index (χ0n) is 9.05. The van der Waals surface area contributed by atoms with Gasteiger partial charge in [0, 0.05) is 18.2 Å². The van der Waals surface area contributed by atoms with Crippen molar-refractivity contribution < 1.29 is 9.47 Å². The molecule has 0 spiro atoms. The molecule has 0 atom stereocenters. The fraction of sp³-hybridized carbons (Fsp3) is 0.455. The number of ether oxygens (including phenoxy) is 2. The molecule has 15 heavy (non-hydrogen) atoms. The Bertz CT molecular complexity index is 305. The van der Waals surface area contributed by atoms with Crippen LogP contribution >= 0.6 is 11.6 Å². The van der Waals surface area contributed by atoms with Gasteiger partial charge in [-0.15, -0.1) is 0 Å². The molecule has 1 aromatic rings. The minimum atomic E-state index is 0.673. The highest BCUT2D eigenvalue weighted by Crippen LogP contribution is 2.27. The molecule has 0 unspecified atom stereocenters. The number of hydrogen-bond acceptors (Lipinski definition) is 3. The summed E-state index contributed by atoms with van der Waals surface area (Å²) in [5, 5.41) is 3.89. The highest BCUT2D eigenvalue weighted by atomic mass is 35.5. The molecule has 0 aliphatic rings. The summed E-state index contributed by atoms with van der Waals surface area (Å²) >= 11 is 5.89. The molecule has 0 aliphatic carbocycles. The maximum absolute atomic E-state index is 5.89. The lowest BCUT2D eigenvalue weighted by Gasteiger charge is -2.11. The molecule has 0 amide bonds. The fourth-order valence-corrected chi connectivity index (χ4v) is 1.39. The first kappa shape index (κ1) is 12.1. The Balaban J connectivity index is 2.54. The Morgan fingerprint density at radius 3 is 2.87 bits per heavy atom. The van der Waals surface area contributed by atoms with Gasteiger partial charge >= 0.3 is 0 Å². The van der Waals surface area contributed by atoms with Crippen molar-refractivity contribution in [2.24, 2.45) is 0 Å². The lowest BCUT2D eigenvalue weighted by atomic mass is 10.3. The molecule has 0 saturated carbocycles. The smallest absolute Gasteiger partial charge is 0.142 e. The first-order valence-corrected chi connectivity index (χ1v) is 5.31. The zero-order valence-corrected chi connectivity index (χ0v) is 9.80. The van der Waals surface area contributed by atoms with Gasteiger partial charge in [-0.1, -0.05) is 11.6 Å². The molecule has 1 rings (SSSR count). The van der Waals surface area contributed by atoms with Crippen LogP contribution in [-0.4, -0.2) is 26.9 Å². The first-order chi connectivity index (χ1) is 7.27. The summed E-state index contributed by atoms with van der Waals surface area (Å²) in [4.78, 5) is 0. The molecular formula is C11H16ClNO2. The first-order valence-electron chi connectivity index (χ1n) is 4.93. The number of methoxy groups -OCH3 is 1. The molecule has 1 N–H and O–H groups in total. The normalized spacial score (nSPS) is 10.1. The monoisotopic (exact) mass is 229 g/mol. The van der Waals surface area contributed by atoms with Gasteiger partial charge in [-0.3, -0.25) is 0 Å². The van der Waals surface area contributed by atoms with Crippen LogP contribution in [0.1, 0.15) is 6.92 Å². The number of anilines is 1. The second-order valence-corrected chi connectivity index (χ2v) is 3.40. The van der Waals surface area contributed by atoms with Crippen LogP contribution in [0, 0.1) is 0 Å². The summed E-state index contributed by atoms with van der Waals surface area (Å²) in [6.45, 7) is 4.12. The van der Waals surface area contributed by atoms with Crippen molar-refractivity contribution in [3.8, 4) is 5.75 Å². The van der Waals surface area contributed by atoms with Gasteiger partial charge in [-0.05, 0) is 25.1 Å². The van der Waals surface area contributed by atoms with Crippen LogP contribution in [0.5, 0.6) is 5.75 Å². The fourth-order valence-electron chi connectivity index (χ4n) is 1.22. The topological polar surface area (TPSA) is 30.5 Å². The predicted molar refractivity (Wildman–Crippen MR) is 63.0 cm³/mol. The predicted octanol–water partition coefficient (Wildman–Crippen LogP) is 2.80. The van der Waals surface area contributed by atoms with Crippen LogP contribution in [-0.2, 0) is 4.74 Å². The van der Waals surface area contributed by atoms with Crippen molar-refractivity contribution in [2.45, 2.75) is 6.92 Å². The van der Waals surface area contributed by atoms with Gasteiger partial charge in [0.1, 0.15) is 5.75 Å². The summed E-state index contributed by atoms with van der Waals surface area (Å²) in [6.07, 6.45) is 0. The summed E-state index contributed by atoms with van der Waals surface area (Å²) < 4.78 is 10.4. The van der Waals surface area contributed by atoms with E-state index in [0.717, 1.165) is 24.6 Å². The molecular weight excluding hydrogens is 214 g/mol. The number of nitrogens with one attached hydrogen (secondary N) is 1. The largest absolute Gasteiger partial charge is 0.495 e.